The number of rotatable bonds is 3. The molecule has 0 saturated carbocycles. The number of hydrogen-bond donors (Lipinski definition) is 1. The maximum atomic E-state index is 5.35. The van der Waals surface area contributed by atoms with E-state index < -0.39 is 0 Å². The highest BCUT2D eigenvalue weighted by Crippen LogP contribution is 2.14. The Morgan fingerprint density at radius 1 is 1.82 bits per heavy atom. The Morgan fingerprint density at radius 3 is 3.00 bits per heavy atom. The molecule has 1 rings (SSSR count). The maximum Gasteiger partial charge on any atom is 0.134 e. The van der Waals surface area contributed by atoms with Gasteiger partial charge < -0.3 is 10.3 Å². The van der Waals surface area contributed by atoms with Crippen LogP contribution in [0.5, 0.6) is 0 Å². The second-order valence-corrected chi connectivity index (χ2v) is 2.47. The molecule has 0 aromatic carbocycles. The molecule has 0 amide bonds. The first kappa shape index (κ1) is 8.01. The van der Waals surface area contributed by atoms with Crippen molar-refractivity contribution in [3.05, 3.63) is 24.1 Å². The predicted molar refractivity (Wildman–Crippen MR) is 43.9 cm³/mol. The molecule has 1 aromatic heterocycles. The van der Waals surface area contributed by atoms with Crippen LogP contribution in [0.4, 0.5) is 0 Å². The van der Waals surface area contributed by atoms with E-state index in [0.29, 0.717) is 6.54 Å². The molecule has 0 aliphatic carbocycles. The molecule has 0 saturated heterocycles. The van der Waals surface area contributed by atoms with Gasteiger partial charge in [-0.3, -0.25) is 0 Å². The summed E-state index contributed by atoms with van der Waals surface area (Å²) in [6, 6.07) is 1.86. The van der Waals surface area contributed by atoms with Crippen LogP contribution < -0.4 is 5.73 Å². The molecule has 0 bridgehead atoms. The Hall–Kier alpha value is -1.09. The van der Waals surface area contributed by atoms with E-state index >= 15 is 0 Å². The number of nitrogens with zero attached hydrogens (tertiary/aromatic N) is 1. The third kappa shape index (κ3) is 1.91. The van der Waals surface area contributed by atoms with E-state index in [1.54, 1.807) is 0 Å². The van der Waals surface area contributed by atoms with E-state index in [-0.39, 0.29) is 0 Å². The van der Waals surface area contributed by atoms with E-state index in [1.165, 1.54) is 0 Å². The molecule has 0 atom stereocenters. The van der Waals surface area contributed by atoms with Crippen molar-refractivity contribution in [1.82, 2.24) is 5.16 Å². The van der Waals surface area contributed by atoms with Crippen molar-refractivity contribution in [2.24, 2.45) is 5.73 Å². The number of hydrogen-bond acceptors (Lipinski definition) is 3. The van der Waals surface area contributed by atoms with Crippen LogP contribution in [0.3, 0.4) is 0 Å². The highest BCUT2D eigenvalue weighted by atomic mass is 16.5. The van der Waals surface area contributed by atoms with Crippen molar-refractivity contribution in [3.63, 3.8) is 0 Å². The Morgan fingerprint density at radius 2 is 2.55 bits per heavy atom. The van der Waals surface area contributed by atoms with Gasteiger partial charge in [0, 0.05) is 6.07 Å². The van der Waals surface area contributed by atoms with Gasteiger partial charge >= 0.3 is 0 Å². The fourth-order valence-corrected chi connectivity index (χ4v) is 0.835. The molecule has 11 heavy (non-hydrogen) atoms. The normalized spacial score (nSPS) is 10.0. The van der Waals surface area contributed by atoms with Crippen LogP contribution in [0.15, 0.2) is 17.2 Å². The van der Waals surface area contributed by atoms with Gasteiger partial charge in [-0.25, -0.2) is 0 Å². The number of aromatic nitrogens is 1. The van der Waals surface area contributed by atoms with Crippen LogP contribution in [0, 0.1) is 6.92 Å². The van der Waals surface area contributed by atoms with Crippen LogP contribution in [0.25, 0.3) is 5.57 Å². The fourth-order valence-electron chi connectivity index (χ4n) is 0.835. The lowest BCUT2D eigenvalue weighted by molar-refractivity contribution is 0.395. The fraction of sp³-hybridized carbons (Fsp3) is 0.375. The zero-order valence-electron chi connectivity index (χ0n) is 6.63. The summed E-state index contributed by atoms with van der Waals surface area (Å²) in [6.45, 7) is 6.28. The summed E-state index contributed by atoms with van der Waals surface area (Å²) in [6.07, 6.45) is 0.770. The first-order valence-electron chi connectivity index (χ1n) is 3.55. The molecular formula is C8H12N2O. The van der Waals surface area contributed by atoms with E-state index in [4.69, 9.17) is 10.3 Å². The van der Waals surface area contributed by atoms with Gasteiger partial charge in [-0.1, -0.05) is 11.7 Å². The summed E-state index contributed by atoms with van der Waals surface area (Å²) < 4.78 is 4.88. The highest BCUT2D eigenvalue weighted by Gasteiger charge is 2.02. The highest BCUT2D eigenvalue weighted by molar-refractivity contribution is 5.59. The van der Waals surface area contributed by atoms with Crippen molar-refractivity contribution in [2.45, 2.75) is 13.3 Å². The summed E-state index contributed by atoms with van der Waals surface area (Å²) in [7, 11) is 0. The van der Waals surface area contributed by atoms with Crippen molar-refractivity contribution in [1.29, 1.82) is 0 Å². The first-order valence-corrected chi connectivity index (χ1v) is 3.55. The van der Waals surface area contributed by atoms with Gasteiger partial charge in [-0.15, -0.1) is 0 Å². The molecule has 60 valence electrons. The van der Waals surface area contributed by atoms with Gasteiger partial charge in [-0.2, -0.15) is 0 Å². The second kappa shape index (κ2) is 3.34. The molecule has 0 radical (unpaired) electrons. The topological polar surface area (TPSA) is 52.0 Å². The van der Waals surface area contributed by atoms with Gasteiger partial charge in [0.15, 0.2) is 0 Å². The molecule has 0 fully saturated rings. The Labute approximate surface area is 65.9 Å². The quantitative estimate of drug-likeness (QED) is 0.711. The lowest BCUT2D eigenvalue weighted by atomic mass is 10.1. The number of aryl methyl sites for hydroxylation is 1. The van der Waals surface area contributed by atoms with Crippen molar-refractivity contribution in [2.75, 3.05) is 6.54 Å². The maximum absolute atomic E-state index is 5.35. The Kier molecular flexibility index (Phi) is 2.44. The van der Waals surface area contributed by atoms with Crippen LogP contribution in [0.1, 0.15) is 17.9 Å². The summed E-state index contributed by atoms with van der Waals surface area (Å²) in [5.74, 6) is 0.804. The van der Waals surface area contributed by atoms with E-state index in [9.17, 15) is 0 Å². The second-order valence-electron chi connectivity index (χ2n) is 2.47. The molecule has 3 nitrogen and oxygen atoms in total. The van der Waals surface area contributed by atoms with Crippen LogP contribution >= 0.6 is 0 Å². The number of nitrogens with two attached hydrogens (primary N) is 1. The van der Waals surface area contributed by atoms with Crippen LogP contribution in [-0.4, -0.2) is 11.7 Å². The van der Waals surface area contributed by atoms with Gasteiger partial charge in [0.2, 0.25) is 0 Å². The predicted octanol–water partition coefficient (Wildman–Crippen LogP) is 1.35. The standard InChI is InChI=1S/C8H12N2O/c1-6(3-4-9)8-5-7(2)11-10-8/h5H,1,3-4,9H2,2H3. The molecule has 1 aromatic rings. The van der Waals surface area contributed by atoms with Crippen LogP contribution in [-0.2, 0) is 0 Å². The van der Waals surface area contributed by atoms with Crippen molar-refractivity contribution in [3.8, 4) is 0 Å². The lowest BCUT2D eigenvalue weighted by Crippen LogP contribution is -1.99. The summed E-state index contributed by atoms with van der Waals surface area (Å²) >= 11 is 0. The third-order valence-electron chi connectivity index (χ3n) is 1.44. The van der Waals surface area contributed by atoms with Gasteiger partial charge in [0.25, 0.3) is 0 Å². The Balaban J connectivity index is 2.69. The largest absolute Gasteiger partial charge is 0.361 e. The molecule has 0 spiro atoms. The minimum absolute atomic E-state index is 0.602. The smallest absolute Gasteiger partial charge is 0.134 e. The zero-order valence-corrected chi connectivity index (χ0v) is 6.63. The summed E-state index contributed by atoms with van der Waals surface area (Å²) in [5, 5.41) is 3.80. The SMILES string of the molecule is C=C(CCN)c1cc(C)on1. The molecule has 0 unspecified atom stereocenters. The van der Waals surface area contributed by atoms with E-state index in [0.717, 1.165) is 23.4 Å². The summed E-state index contributed by atoms with van der Waals surface area (Å²) in [4.78, 5) is 0. The van der Waals surface area contributed by atoms with Crippen molar-refractivity contribution < 1.29 is 4.52 Å². The molecule has 3 heteroatoms. The Bertz CT molecular complexity index is 252. The van der Waals surface area contributed by atoms with Gasteiger partial charge in [0.05, 0.1) is 0 Å². The minimum atomic E-state index is 0.602. The first-order chi connectivity index (χ1) is 5.24. The lowest BCUT2D eigenvalue weighted by Gasteiger charge is -1.95. The molecule has 0 aliphatic rings. The average Bonchev–Trinajstić information content (AvgIpc) is 2.36. The molecule has 1 heterocycles. The van der Waals surface area contributed by atoms with Gasteiger partial charge in [-0.05, 0) is 25.5 Å². The van der Waals surface area contributed by atoms with Gasteiger partial charge in [0.1, 0.15) is 11.5 Å². The monoisotopic (exact) mass is 152 g/mol. The third-order valence-corrected chi connectivity index (χ3v) is 1.44. The van der Waals surface area contributed by atoms with Crippen molar-refractivity contribution >= 4 is 5.57 Å². The summed E-state index contributed by atoms with van der Waals surface area (Å²) in [5.41, 5.74) is 7.10. The zero-order chi connectivity index (χ0) is 8.27. The molecular weight excluding hydrogens is 140 g/mol. The minimum Gasteiger partial charge on any atom is -0.361 e. The molecule has 2 N–H and O–H groups in total. The van der Waals surface area contributed by atoms with Crippen LogP contribution in [0.2, 0.25) is 0 Å². The average molecular weight is 152 g/mol. The molecule has 0 aliphatic heterocycles. The van der Waals surface area contributed by atoms with E-state index in [2.05, 4.69) is 11.7 Å². The van der Waals surface area contributed by atoms with E-state index in [1.807, 2.05) is 13.0 Å².